The first-order chi connectivity index (χ1) is 21.2. The van der Waals surface area contributed by atoms with Gasteiger partial charge in [-0.05, 0) is 131 Å². The van der Waals surface area contributed by atoms with E-state index in [9.17, 15) is 0 Å². The highest BCUT2D eigenvalue weighted by Crippen LogP contribution is 2.58. The zero-order valence-corrected chi connectivity index (χ0v) is 37.1. The van der Waals surface area contributed by atoms with Crippen LogP contribution in [0.4, 0.5) is 0 Å². The van der Waals surface area contributed by atoms with Crippen molar-refractivity contribution < 1.29 is 13.3 Å². The van der Waals surface area contributed by atoms with Crippen LogP contribution in [0.5, 0.6) is 0 Å². The van der Waals surface area contributed by atoms with Gasteiger partial charge in [0.15, 0.2) is 25.0 Å². The fourth-order valence-corrected chi connectivity index (χ4v) is 12.7. The van der Waals surface area contributed by atoms with Gasteiger partial charge in [-0.2, -0.15) is 0 Å². The van der Waals surface area contributed by atoms with Crippen molar-refractivity contribution in [3.63, 3.8) is 0 Å². The molecule has 3 nitrogen and oxygen atoms in total. The predicted molar refractivity (Wildman–Crippen MR) is 212 cm³/mol. The number of hydrogen-bond donors (Lipinski definition) is 0. The number of rotatable bonds is 11. The van der Waals surface area contributed by atoms with Gasteiger partial charge in [-0.3, -0.25) is 0 Å². The van der Waals surface area contributed by atoms with Crippen LogP contribution in [-0.2, 0) is 13.3 Å². The summed E-state index contributed by atoms with van der Waals surface area (Å²) in [6, 6.07) is 0. The van der Waals surface area contributed by atoms with Crippen LogP contribution in [0.25, 0.3) is 0 Å². The minimum Gasteiger partial charge on any atom is -0.413 e. The molecule has 3 rings (SSSR count). The Kier molecular flexibility index (Phi) is 12.8. The SMILES string of the molecule is C[C@H](CCCC(C)(C)O[Si](C)(C)C)[C@H]1CC[C@H]2C(C#CC3=C[C@@H](O[Si](C)(C)C(C)(C)C)C[C@@H](O[Si](C)(C)C(C)(C)C)C3)=CCC[C@]12C. The van der Waals surface area contributed by atoms with Crippen LogP contribution in [0.1, 0.15) is 127 Å². The van der Waals surface area contributed by atoms with E-state index in [1.165, 1.54) is 43.3 Å². The minimum absolute atomic E-state index is 0.0140. The van der Waals surface area contributed by atoms with Gasteiger partial charge < -0.3 is 13.3 Å². The first-order valence-electron chi connectivity index (χ1n) is 19.1. The zero-order valence-electron chi connectivity index (χ0n) is 34.1. The second-order valence-electron chi connectivity index (χ2n) is 20.6. The molecule has 0 bridgehead atoms. The van der Waals surface area contributed by atoms with Crippen molar-refractivity contribution in [1.82, 2.24) is 0 Å². The maximum atomic E-state index is 7.04. The summed E-state index contributed by atoms with van der Waals surface area (Å²) in [4.78, 5) is 0. The second-order valence-corrected chi connectivity index (χ2v) is 34.5. The molecule has 0 aromatic carbocycles. The van der Waals surface area contributed by atoms with Gasteiger partial charge in [0.2, 0.25) is 0 Å². The summed E-state index contributed by atoms with van der Waals surface area (Å²) in [5.41, 5.74) is 2.97. The smallest absolute Gasteiger partial charge is 0.192 e. The van der Waals surface area contributed by atoms with Crippen molar-refractivity contribution >= 4 is 25.0 Å². The van der Waals surface area contributed by atoms with Crippen molar-refractivity contribution in [2.24, 2.45) is 23.2 Å². The lowest BCUT2D eigenvalue weighted by molar-refractivity contribution is 0.0775. The fraction of sp³-hybridized carbons (Fsp3) is 0.854. The van der Waals surface area contributed by atoms with E-state index >= 15 is 0 Å². The van der Waals surface area contributed by atoms with E-state index < -0.39 is 25.0 Å². The molecule has 0 saturated heterocycles. The highest BCUT2D eigenvalue weighted by molar-refractivity contribution is 6.74. The average Bonchev–Trinajstić information content (AvgIpc) is 3.21. The molecule has 0 N–H and O–H groups in total. The maximum absolute atomic E-state index is 7.04. The fourth-order valence-electron chi connectivity index (χ4n) is 8.33. The summed E-state index contributed by atoms with van der Waals surface area (Å²) in [5.74, 6) is 9.65. The van der Waals surface area contributed by atoms with E-state index in [2.05, 4.69) is 139 Å². The van der Waals surface area contributed by atoms with Gasteiger partial charge in [0.1, 0.15) is 0 Å². The van der Waals surface area contributed by atoms with E-state index in [1.54, 1.807) is 0 Å². The predicted octanol–water partition coefficient (Wildman–Crippen LogP) is 12.7. The van der Waals surface area contributed by atoms with E-state index in [0.29, 0.717) is 11.3 Å². The van der Waals surface area contributed by atoms with Crippen molar-refractivity contribution in [3.8, 4) is 11.8 Å². The van der Waals surface area contributed by atoms with Gasteiger partial charge in [0.05, 0.1) is 17.8 Å². The molecule has 1 fully saturated rings. The van der Waals surface area contributed by atoms with Gasteiger partial charge in [-0.15, -0.1) is 0 Å². The molecule has 6 atom stereocenters. The largest absolute Gasteiger partial charge is 0.413 e. The standard InChI is InChI=1S/C41H76O3Si3/c1-31(20-18-26-40(8,9)44-45(11,12)13)36-24-25-37-33(21-19-27-41(36,37)10)23-22-32-28-34(42-46(14,15)38(2,3)4)30-35(29-32)43-47(16,17)39(5,6)7/h21,28,31,34-37H,18-20,24-27,29-30H2,1-17H3/t31-,34-,35+,36-,37+,41-/m1/s1. The van der Waals surface area contributed by atoms with Crippen molar-refractivity contribution in [2.45, 2.75) is 201 Å². The third kappa shape index (κ3) is 10.8. The Morgan fingerprint density at radius 3 is 2.04 bits per heavy atom. The summed E-state index contributed by atoms with van der Waals surface area (Å²) in [7, 11) is -5.39. The lowest BCUT2D eigenvalue weighted by Crippen LogP contribution is -2.48. The molecule has 47 heavy (non-hydrogen) atoms. The van der Waals surface area contributed by atoms with Crippen LogP contribution in [-0.4, -0.2) is 42.8 Å². The first-order valence-corrected chi connectivity index (χ1v) is 28.4. The Morgan fingerprint density at radius 1 is 0.872 bits per heavy atom. The molecule has 0 radical (unpaired) electrons. The van der Waals surface area contributed by atoms with Crippen LogP contribution >= 0.6 is 0 Å². The number of fused-ring (bicyclic) bond motifs is 1. The Morgan fingerprint density at radius 2 is 1.47 bits per heavy atom. The molecule has 0 unspecified atom stereocenters. The van der Waals surface area contributed by atoms with E-state index in [-0.39, 0.29) is 27.9 Å². The van der Waals surface area contributed by atoms with Gasteiger partial charge in [0.25, 0.3) is 0 Å². The van der Waals surface area contributed by atoms with Gasteiger partial charge in [-0.25, -0.2) is 0 Å². The van der Waals surface area contributed by atoms with Crippen LogP contribution in [0.15, 0.2) is 23.3 Å². The summed E-state index contributed by atoms with van der Waals surface area (Å²) in [6.07, 6.45) is 15.7. The molecule has 0 heterocycles. The molecule has 0 amide bonds. The summed E-state index contributed by atoms with van der Waals surface area (Å²) < 4.78 is 20.6. The lowest BCUT2D eigenvalue weighted by atomic mass is 9.62. The molecule has 0 aromatic rings. The highest BCUT2D eigenvalue weighted by Gasteiger charge is 2.50. The minimum atomic E-state index is -1.93. The lowest BCUT2D eigenvalue weighted by Gasteiger charge is -2.43. The van der Waals surface area contributed by atoms with Gasteiger partial charge in [0, 0.05) is 24.0 Å². The monoisotopic (exact) mass is 701 g/mol. The van der Waals surface area contributed by atoms with Gasteiger partial charge in [-0.1, -0.05) is 86.1 Å². The maximum Gasteiger partial charge on any atom is 0.192 e. The Labute approximate surface area is 296 Å². The number of allylic oxidation sites excluding steroid dienone is 2. The molecule has 3 aliphatic rings. The van der Waals surface area contributed by atoms with Crippen molar-refractivity contribution in [1.29, 1.82) is 0 Å². The summed E-state index contributed by atoms with van der Waals surface area (Å²) in [6.45, 7) is 40.2. The third-order valence-corrected chi connectivity index (χ3v) is 23.0. The van der Waals surface area contributed by atoms with Crippen molar-refractivity contribution in [2.75, 3.05) is 0 Å². The molecule has 0 aromatic heterocycles. The van der Waals surface area contributed by atoms with Crippen molar-refractivity contribution in [3.05, 3.63) is 23.3 Å². The Balaban J connectivity index is 1.77. The van der Waals surface area contributed by atoms with Crippen LogP contribution in [0.3, 0.4) is 0 Å². The molecule has 0 spiro atoms. The molecule has 270 valence electrons. The molecular formula is C41H76O3Si3. The summed E-state index contributed by atoms with van der Waals surface area (Å²) >= 11 is 0. The normalized spacial score (nSPS) is 28.6. The third-order valence-electron chi connectivity index (χ3n) is 12.8. The topological polar surface area (TPSA) is 27.7 Å². The molecule has 6 heteroatoms. The van der Waals surface area contributed by atoms with E-state index in [1.807, 2.05) is 0 Å². The van der Waals surface area contributed by atoms with E-state index in [4.69, 9.17) is 13.3 Å². The average molecular weight is 701 g/mol. The Bertz CT molecular complexity index is 1200. The Hall–Kier alpha value is -0.429. The highest BCUT2D eigenvalue weighted by atomic mass is 28.4. The molecule has 3 aliphatic carbocycles. The quantitative estimate of drug-likeness (QED) is 0.159. The summed E-state index contributed by atoms with van der Waals surface area (Å²) in [5, 5.41) is 0.354. The first kappa shape index (κ1) is 41.0. The molecular weight excluding hydrogens is 625 g/mol. The van der Waals surface area contributed by atoms with Crippen LogP contribution < -0.4 is 0 Å². The van der Waals surface area contributed by atoms with E-state index in [0.717, 1.165) is 37.5 Å². The number of hydrogen-bond acceptors (Lipinski definition) is 3. The zero-order chi connectivity index (χ0) is 35.9. The molecule has 1 saturated carbocycles. The second kappa shape index (κ2) is 14.7. The van der Waals surface area contributed by atoms with Crippen LogP contribution in [0.2, 0.25) is 55.9 Å². The van der Waals surface area contributed by atoms with Gasteiger partial charge >= 0.3 is 0 Å². The van der Waals surface area contributed by atoms with Crippen LogP contribution in [0, 0.1) is 35.0 Å². The molecule has 0 aliphatic heterocycles.